The smallest absolute Gasteiger partial charge is 0.236 e. The lowest BCUT2D eigenvalue weighted by atomic mass is 10.2. The Hall–Kier alpha value is -1.36. The summed E-state index contributed by atoms with van der Waals surface area (Å²) in [6, 6.07) is 1.93. The Kier molecular flexibility index (Phi) is 6.71. The van der Waals surface area contributed by atoms with Crippen molar-refractivity contribution >= 4 is 5.91 Å². The third kappa shape index (κ3) is 5.74. The minimum atomic E-state index is -0.144. The van der Waals surface area contributed by atoms with E-state index in [4.69, 9.17) is 0 Å². The van der Waals surface area contributed by atoms with E-state index >= 15 is 0 Å². The quantitative estimate of drug-likeness (QED) is 0.712. The minimum Gasteiger partial charge on any atom is -0.354 e. The zero-order valence-electron chi connectivity index (χ0n) is 13.4. The molecule has 1 unspecified atom stereocenters. The average Bonchev–Trinajstić information content (AvgIpc) is 2.69. The van der Waals surface area contributed by atoms with Crippen LogP contribution in [-0.2, 0) is 11.3 Å². The monoisotopic (exact) mass is 280 g/mol. The second kappa shape index (κ2) is 8.04. The number of rotatable bonds is 8. The summed E-state index contributed by atoms with van der Waals surface area (Å²) in [5.74, 6) is 0.557. The molecule has 0 radical (unpaired) electrons. The lowest BCUT2D eigenvalue weighted by Crippen LogP contribution is -2.43. The number of carbonyl (C=O) groups is 1. The van der Waals surface area contributed by atoms with Crippen LogP contribution in [0.2, 0.25) is 0 Å². The van der Waals surface area contributed by atoms with Crippen molar-refractivity contribution in [3.05, 3.63) is 17.5 Å². The van der Waals surface area contributed by atoms with Crippen molar-refractivity contribution in [2.24, 2.45) is 5.92 Å². The molecule has 1 atom stereocenters. The highest BCUT2D eigenvalue weighted by Crippen LogP contribution is 2.02. The summed E-state index contributed by atoms with van der Waals surface area (Å²) in [6.45, 7) is 12.6. The largest absolute Gasteiger partial charge is 0.354 e. The highest BCUT2D eigenvalue weighted by atomic mass is 16.2. The van der Waals surface area contributed by atoms with Crippen molar-refractivity contribution in [1.29, 1.82) is 0 Å². The summed E-state index contributed by atoms with van der Waals surface area (Å²) < 4.78 is 2.01. The van der Waals surface area contributed by atoms with Gasteiger partial charge in [0, 0.05) is 18.8 Å². The third-order valence-electron chi connectivity index (χ3n) is 3.18. The van der Waals surface area contributed by atoms with Gasteiger partial charge in [-0.15, -0.1) is 0 Å². The normalized spacial score (nSPS) is 12.7. The van der Waals surface area contributed by atoms with Gasteiger partial charge in [-0.3, -0.25) is 9.48 Å². The van der Waals surface area contributed by atoms with Gasteiger partial charge >= 0.3 is 0 Å². The topological polar surface area (TPSA) is 59.0 Å². The molecule has 0 saturated heterocycles. The fourth-order valence-corrected chi connectivity index (χ4v) is 2.00. The van der Waals surface area contributed by atoms with E-state index in [2.05, 4.69) is 42.6 Å². The van der Waals surface area contributed by atoms with Crippen molar-refractivity contribution < 1.29 is 4.79 Å². The number of aromatic nitrogens is 2. The molecule has 114 valence electrons. The first-order valence-electron chi connectivity index (χ1n) is 7.42. The summed E-state index contributed by atoms with van der Waals surface area (Å²) >= 11 is 0. The number of nitrogens with one attached hydrogen (secondary N) is 2. The van der Waals surface area contributed by atoms with Crippen LogP contribution in [0.1, 0.15) is 38.6 Å². The van der Waals surface area contributed by atoms with E-state index in [-0.39, 0.29) is 11.9 Å². The van der Waals surface area contributed by atoms with Crippen molar-refractivity contribution in [2.45, 2.75) is 53.6 Å². The molecule has 1 amide bonds. The standard InChI is InChI=1S/C15H28N4O/c1-11(2)10-17-15(20)14(5)16-7-6-8-19-13(4)9-12(3)18-19/h9,11,14,16H,6-8,10H2,1-5H3,(H,17,20). The predicted octanol–water partition coefficient (Wildman–Crippen LogP) is 1.64. The van der Waals surface area contributed by atoms with Gasteiger partial charge < -0.3 is 10.6 Å². The summed E-state index contributed by atoms with van der Waals surface area (Å²) in [7, 11) is 0. The highest BCUT2D eigenvalue weighted by molar-refractivity contribution is 5.81. The lowest BCUT2D eigenvalue weighted by molar-refractivity contribution is -0.122. The maximum Gasteiger partial charge on any atom is 0.236 e. The zero-order chi connectivity index (χ0) is 15.1. The first kappa shape index (κ1) is 16.7. The van der Waals surface area contributed by atoms with Gasteiger partial charge in [0.1, 0.15) is 0 Å². The van der Waals surface area contributed by atoms with E-state index in [0.29, 0.717) is 5.92 Å². The molecule has 1 aromatic rings. The fourth-order valence-electron chi connectivity index (χ4n) is 2.00. The van der Waals surface area contributed by atoms with Gasteiger partial charge in [0.05, 0.1) is 11.7 Å². The van der Waals surface area contributed by atoms with E-state index in [9.17, 15) is 4.79 Å². The van der Waals surface area contributed by atoms with Crippen LogP contribution in [0.15, 0.2) is 6.07 Å². The Morgan fingerprint density at radius 2 is 2.05 bits per heavy atom. The van der Waals surface area contributed by atoms with Crippen molar-refractivity contribution in [2.75, 3.05) is 13.1 Å². The molecule has 1 heterocycles. The van der Waals surface area contributed by atoms with E-state index in [1.807, 2.05) is 18.5 Å². The SMILES string of the molecule is Cc1cc(C)n(CCCNC(C)C(=O)NCC(C)C)n1. The lowest BCUT2D eigenvalue weighted by Gasteiger charge is -2.15. The van der Waals surface area contributed by atoms with Crippen LogP contribution in [0.5, 0.6) is 0 Å². The molecule has 0 aromatic carbocycles. The van der Waals surface area contributed by atoms with Gasteiger partial charge in [-0.1, -0.05) is 13.8 Å². The predicted molar refractivity (Wildman–Crippen MR) is 81.6 cm³/mol. The van der Waals surface area contributed by atoms with Crippen LogP contribution < -0.4 is 10.6 Å². The molecule has 1 rings (SSSR count). The van der Waals surface area contributed by atoms with Gasteiger partial charge in [0.25, 0.3) is 0 Å². The summed E-state index contributed by atoms with van der Waals surface area (Å²) in [4.78, 5) is 11.8. The molecule has 0 aliphatic carbocycles. The molecular formula is C15H28N4O. The van der Waals surface area contributed by atoms with Crippen molar-refractivity contribution in [3.63, 3.8) is 0 Å². The van der Waals surface area contributed by atoms with Crippen LogP contribution in [-0.4, -0.2) is 34.8 Å². The minimum absolute atomic E-state index is 0.0739. The molecule has 20 heavy (non-hydrogen) atoms. The number of amides is 1. The third-order valence-corrected chi connectivity index (χ3v) is 3.18. The Labute approximate surface area is 122 Å². The van der Waals surface area contributed by atoms with Crippen molar-refractivity contribution in [3.8, 4) is 0 Å². The molecule has 0 fully saturated rings. The van der Waals surface area contributed by atoms with Gasteiger partial charge in [-0.25, -0.2) is 0 Å². The van der Waals surface area contributed by atoms with Gasteiger partial charge in [0.15, 0.2) is 0 Å². The van der Waals surface area contributed by atoms with Gasteiger partial charge in [0.2, 0.25) is 5.91 Å². The number of carbonyl (C=O) groups excluding carboxylic acids is 1. The molecule has 5 heteroatoms. The van der Waals surface area contributed by atoms with Crippen LogP contribution >= 0.6 is 0 Å². The van der Waals surface area contributed by atoms with Gasteiger partial charge in [-0.2, -0.15) is 5.10 Å². The first-order chi connectivity index (χ1) is 9.40. The molecule has 0 aliphatic rings. The average molecular weight is 280 g/mol. The number of aryl methyl sites for hydroxylation is 3. The molecule has 0 spiro atoms. The molecule has 5 nitrogen and oxygen atoms in total. The Bertz CT molecular complexity index is 426. The highest BCUT2D eigenvalue weighted by Gasteiger charge is 2.11. The van der Waals surface area contributed by atoms with E-state index < -0.39 is 0 Å². The molecule has 1 aromatic heterocycles. The summed E-state index contributed by atoms with van der Waals surface area (Å²) in [5.41, 5.74) is 2.24. The Morgan fingerprint density at radius 1 is 1.35 bits per heavy atom. The fraction of sp³-hybridized carbons (Fsp3) is 0.733. The molecular weight excluding hydrogens is 252 g/mol. The molecule has 0 aliphatic heterocycles. The first-order valence-corrected chi connectivity index (χ1v) is 7.42. The maximum absolute atomic E-state index is 11.8. The second-order valence-electron chi connectivity index (χ2n) is 5.82. The zero-order valence-corrected chi connectivity index (χ0v) is 13.4. The summed E-state index contributed by atoms with van der Waals surface area (Å²) in [5, 5.41) is 10.6. The van der Waals surface area contributed by atoms with E-state index in [1.54, 1.807) is 0 Å². The number of nitrogens with zero attached hydrogens (tertiary/aromatic N) is 2. The molecule has 2 N–H and O–H groups in total. The molecule has 0 saturated carbocycles. The van der Waals surface area contributed by atoms with Gasteiger partial charge in [-0.05, 0) is 45.7 Å². The molecule has 0 bridgehead atoms. The number of hydrogen-bond donors (Lipinski definition) is 2. The Morgan fingerprint density at radius 3 is 2.60 bits per heavy atom. The van der Waals surface area contributed by atoms with Crippen LogP contribution in [0.4, 0.5) is 0 Å². The summed E-state index contributed by atoms with van der Waals surface area (Å²) in [6.07, 6.45) is 0.962. The van der Waals surface area contributed by atoms with Crippen LogP contribution in [0.3, 0.4) is 0 Å². The van der Waals surface area contributed by atoms with E-state index in [1.165, 1.54) is 5.69 Å². The number of hydrogen-bond acceptors (Lipinski definition) is 3. The van der Waals surface area contributed by atoms with Crippen molar-refractivity contribution in [1.82, 2.24) is 20.4 Å². The van der Waals surface area contributed by atoms with Crippen LogP contribution in [0.25, 0.3) is 0 Å². The maximum atomic E-state index is 11.8. The van der Waals surface area contributed by atoms with Crippen LogP contribution in [0, 0.1) is 19.8 Å². The Balaban J connectivity index is 2.20. The van der Waals surface area contributed by atoms with E-state index in [0.717, 1.165) is 31.7 Å². The second-order valence-corrected chi connectivity index (χ2v) is 5.82.